The topological polar surface area (TPSA) is 138 Å². The third-order valence-corrected chi connectivity index (χ3v) is 6.73. The highest BCUT2D eigenvalue weighted by molar-refractivity contribution is 7.99. The molecule has 174 valence electrons. The molecule has 4 heterocycles. The van der Waals surface area contributed by atoms with Crippen molar-refractivity contribution in [3.8, 4) is 12.1 Å². The standard InChI is InChI=1S/C24H23N5O4S/c1-13-4-5-18(32-13)20-16(10-26)22(27)33-19(21(20)24(30)31-3)12-34-23-14(9-25)8-15-11-29(2)7-6-17(15)28-23/h4-5,8,20H,6-7,11-12,27H2,1-3H3/t20-/m0/s1. The van der Waals surface area contributed by atoms with Crippen LogP contribution in [0, 0.1) is 29.6 Å². The molecule has 0 saturated carbocycles. The van der Waals surface area contributed by atoms with Gasteiger partial charge in [-0.1, -0.05) is 11.8 Å². The van der Waals surface area contributed by atoms with Gasteiger partial charge in [0.05, 0.1) is 29.9 Å². The summed E-state index contributed by atoms with van der Waals surface area (Å²) in [4.78, 5) is 19.7. The normalized spacial score (nSPS) is 18.1. The summed E-state index contributed by atoms with van der Waals surface area (Å²) < 4.78 is 16.5. The van der Waals surface area contributed by atoms with Crippen LogP contribution in [0.3, 0.4) is 0 Å². The van der Waals surface area contributed by atoms with Crippen LogP contribution in [0.4, 0.5) is 0 Å². The van der Waals surface area contributed by atoms with E-state index in [1.807, 2.05) is 19.2 Å². The summed E-state index contributed by atoms with van der Waals surface area (Å²) in [5, 5.41) is 20.0. The van der Waals surface area contributed by atoms with E-state index >= 15 is 0 Å². The quantitative estimate of drug-likeness (QED) is 0.505. The minimum atomic E-state index is -0.863. The summed E-state index contributed by atoms with van der Waals surface area (Å²) >= 11 is 1.27. The molecule has 2 aliphatic heterocycles. The summed E-state index contributed by atoms with van der Waals surface area (Å²) in [7, 11) is 3.29. The van der Waals surface area contributed by atoms with Gasteiger partial charge in [-0.05, 0) is 37.7 Å². The largest absolute Gasteiger partial charge is 0.466 e. The molecule has 0 aromatic carbocycles. The van der Waals surface area contributed by atoms with E-state index in [1.165, 1.54) is 18.9 Å². The first kappa shape index (κ1) is 23.4. The number of hydrogen-bond acceptors (Lipinski definition) is 10. The first-order chi connectivity index (χ1) is 16.4. The van der Waals surface area contributed by atoms with Crippen LogP contribution < -0.4 is 5.73 Å². The van der Waals surface area contributed by atoms with E-state index in [2.05, 4.69) is 11.0 Å². The molecule has 0 amide bonds. The predicted octanol–water partition coefficient (Wildman–Crippen LogP) is 2.87. The average Bonchev–Trinajstić information content (AvgIpc) is 3.26. The van der Waals surface area contributed by atoms with Crippen molar-refractivity contribution in [1.29, 1.82) is 10.5 Å². The summed E-state index contributed by atoms with van der Waals surface area (Å²) in [5.74, 6) is -0.227. The van der Waals surface area contributed by atoms with E-state index in [1.54, 1.807) is 19.1 Å². The molecule has 1 atom stereocenters. The van der Waals surface area contributed by atoms with E-state index < -0.39 is 11.9 Å². The Morgan fingerprint density at radius 1 is 1.38 bits per heavy atom. The third-order valence-electron chi connectivity index (χ3n) is 5.73. The second-order valence-corrected chi connectivity index (χ2v) is 9.00. The molecule has 0 saturated heterocycles. The number of ether oxygens (including phenoxy) is 2. The highest BCUT2D eigenvalue weighted by Gasteiger charge is 2.39. The molecule has 10 heteroatoms. The molecule has 0 spiro atoms. The Labute approximate surface area is 201 Å². The molecule has 9 nitrogen and oxygen atoms in total. The molecule has 34 heavy (non-hydrogen) atoms. The summed E-state index contributed by atoms with van der Waals surface area (Å²) in [5.41, 5.74) is 8.72. The monoisotopic (exact) mass is 477 g/mol. The highest BCUT2D eigenvalue weighted by Crippen LogP contribution is 2.41. The molecule has 4 rings (SSSR count). The van der Waals surface area contributed by atoms with Crippen LogP contribution in [0.2, 0.25) is 0 Å². The first-order valence-electron chi connectivity index (χ1n) is 10.6. The lowest BCUT2D eigenvalue weighted by Crippen LogP contribution is -2.27. The summed E-state index contributed by atoms with van der Waals surface area (Å²) in [6, 6.07) is 9.55. The Morgan fingerprint density at radius 3 is 2.82 bits per heavy atom. The zero-order valence-corrected chi connectivity index (χ0v) is 19.9. The van der Waals surface area contributed by atoms with Gasteiger partial charge in [0, 0.05) is 25.2 Å². The maximum Gasteiger partial charge on any atom is 0.338 e. The second-order valence-electron chi connectivity index (χ2n) is 8.04. The van der Waals surface area contributed by atoms with Gasteiger partial charge in [-0.2, -0.15) is 10.5 Å². The number of fused-ring (bicyclic) bond motifs is 1. The number of rotatable bonds is 5. The Kier molecular flexibility index (Phi) is 6.64. The number of thioether (sulfide) groups is 1. The number of aromatic nitrogens is 1. The average molecular weight is 478 g/mol. The smallest absolute Gasteiger partial charge is 0.338 e. The van der Waals surface area contributed by atoms with Gasteiger partial charge < -0.3 is 24.5 Å². The number of aryl methyl sites for hydroxylation is 1. The molecule has 0 bridgehead atoms. The molecule has 2 aliphatic rings. The van der Waals surface area contributed by atoms with Crippen LogP contribution >= 0.6 is 11.8 Å². The number of carbonyl (C=O) groups is 1. The zero-order valence-electron chi connectivity index (χ0n) is 19.0. The number of nitrogens with two attached hydrogens (primary N) is 1. The van der Waals surface area contributed by atoms with E-state index in [0.717, 1.165) is 30.8 Å². The molecule has 0 radical (unpaired) electrons. The van der Waals surface area contributed by atoms with E-state index in [4.69, 9.17) is 24.6 Å². The molecule has 2 aromatic rings. The van der Waals surface area contributed by atoms with Gasteiger partial charge in [0.1, 0.15) is 40.0 Å². The van der Waals surface area contributed by atoms with E-state index in [-0.39, 0.29) is 28.5 Å². The van der Waals surface area contributed by atoms with Crippen molar-refractivity contribution < 1.29 is 18.7 Å². The fourth-order valence-corrected chi connectivity index (χ4v) is 4.99. The number of carbonyl (C=O) groups excluding carboxylic acids is 1. The Balaban J connectivity index is 1.72. The third kappa shape index (κ3) is 4.38. The van der Waals surface area contributed by atoms with Gasteiger partial charge in [0.25, 0.3) is 0 Å². The fourth-order valence-electron chi connectivity index (χ4n) is 4.07. The Morgan fingerprint density at radius 2 is 2.18 bits per heavy atom. The number of furan rings is 1. The van der Waals surface area contributed by atoms with Crippen molar-refractivity contribution >= 4 is 17.7 Å². The van der Waals surface area contributed by atoms with Crippen molar-refractivity contribution in [2.45, 2.75) is 30.8 Å². The number of hydrogen-bond donors (Lipinski definition) is 1. The van der Waals surface area contributed by atoms with Gasteiger partial charge >= 0.3 is 5.97 Å². The number of methoxy groups -OCH3 is 1. The van der Waals surface area contributed by atoms with Crippen molar-refractivity contribution in [2.75, 3.05) is 26.5 Å². The summed E-state index contributed by atoms with van der Waals surface area (Å²) in [6.07, 6.45) is 0.791. The lowest BCUT2D eigenvalue weighted by atomic mass is 9.87. The van der Waals surface area contributed by atoms with Gasteiger partial charge in [0.2, 0.25) is 5.88 Å². The molecular formula is C24H23N5O4S. The van der Waals surface area contributed by atoms with Crippen molar-refractivity contribution in [3.63, 3.8) is 0 Å². The molecule has 0 unspecified atom stereocenters. The van der Waals surface area contributed by atoms with Crippen LogP contribution in [-0.2, 0) is 27.2 Å². The van der Waals surface area contributed by atoms with Gasteiger partial charge in [0.15, 0.2) is 0 Å². The minimum Gasteiger partial charge on any atom is -0.466 e. The van der Waals surface area contributed by atoms with Crippen molar-refractivity contribution in [1.82, 2.24) is 9.88 Å². The highest BCUT2D eigenvalue weighted by atomic mass is 32.2. The van der Waals surface area contributed by atoms with Crippen LogP contribution in [0.5, 0.6) is 0 Å². The number of esters is 1. The second kappa shape index (κ2) is 9.64. The van der Waals surface area contributed by atoms with Crippen molar-refractivity contribution in [3.05, 3.63) is 69.3 Å². The van der Waals surface area contributed by atoms with Gasteiger partial charge in [-0.3, -0.25) is 0 Å². The molecule has 2 aromatic heterocycles. The summed E-state index contributed by atoms with van der Waals surface area (Å²) in [6.45, 7) is 3.40. The number of pyridine rings is 1. The lowest BCUT2D eigenvalue weighted by molar-refractivity contribution is -0.136. The molecule has 0 aliphatic carbocycles. The molecule has 2 N–H and O–H groups in total. The number of nitrogens with zero attached hydrogens (tertiary/aromatic N) is 4. The van der Waals surface area contributed by atoms with Gasteiger partial charge in [-0.25, -0.2) is 9.78 Å². The van der Waals surface area contributed by atoms with Gasteiger partial charge in [-0.15, -0.1) is 0 Å². The molecular weight excluding hydrogens is 454 g/mol. The maximum atomic E-state index is 12.8. The van der Waals surface area contributed by atoms with Crippen LogP contribution in [0.25, 0.3) is 0 Å². The number of nitriles is 2. The van der Waals surface area contributed by atoms with E-state index in [9.17, 15) is 15.3 Å². The number of likely N-dealkylation sites (N-methyl/N-ethyl adjacent to an activating group) is 1. The van der Waals surface area contributed by atoms with Crippen LogP contribution in [-0.4, -0.2) is 42.3 Å². The first-order valence-corrected chi connectivity index (χ1v) is 11.5. The predicted molar refractivity (Wildman–Crippen MR) is 123 cm³/mol. The van der Waals surface area contributed by atoms with Crippen LogP contribution in [0.15, 0.2) is 50.4 Å². The SMILES string of the molecule is COC(=O)C1=C(CSc2nc3c(cc2C#N)CN(C)CC3)OC(N)=C(C#N)[C@H]1c1ccc(C)o1. The Bertz CT molecular complexity index is 1300. The fraction of sp³-hybridized carbons (Fsp3) is 0.333. The Hall–Kier alpha value is -3.73. The van der Waals surface area contributed by atoms with E-state index in [0.29, 0.717) is 22.1 Å². The lowest BCUT2D eigenvalue weighted by Gasteiger charge is -2.27. The molecule has 0 fully saturated rings. The number of allylic oxidation sites excluding steroid dienone is 1. The zero-order chi connectivity index (χ0) is 24.4. The van der Waals surface area contributed by atoms with Crippen molar-refractivity contribution in [2.24, 2.45) is 5.73 Å². The maximum absolute atomic E-state index is 12.8. The minimum absolute atomic E-state index is 0.0669. The van der Waals surface area contributed by atoms with Crippen LogP contribution in [0.1, 0.15) is 34.3 Å².